The molecule has 1 fully saturated rings. The lowest BCUT2D eigenvalue weighted by atomic mass is 9.86. The number of pyridine rings is 2. The normalized spacial score (nSPS) is 24.1. The second-order valence-corrected chi connectivity index (χ2v) is 11.6. The first kappa shape index (κ1) is 26.9. The van der Waals surface area contributed by atoms with Crippen LogP contribution in [0.5, 0.6) is 5.75 Å². The Hall–Kier alpha value is -3.31. The van der Waals surface area contributed by atoms with E-state index in [0.717, 1.165) is 40.9 Å². The number of fused-ring (bicyclic) bond motifs is 5. The van der Waals surface area contributed by atoms with Crippen molar-refractivity contribution in [3.05, 3.63) is 56.9 Å². The molecule has 212 valence electrons. The molecule has 3 aromatic rings. The molecule has 6 rings (SSSR count). The number of benzene rings is 1. The molecule has 0 saturated carbocycles. The van der Waals surface area contributed by atoms with Crippen molar-refractivity contribution in [2.24, 2.45) is 0 Å². The van der Waals surface area contributed by atoms with Gasteiger partial charge in [0.1, 0.15) is 19.1 Å². The van der Waals surface area contributed by atoms with Crippen molar-refractivity contribution in [3.63, 3.8) is 0 Å². The molecule has 0 spiro atoms. The molecule has 0 radical (unpaired) electrons. The van der Waals surface area contributed by atoms with Crippen LogP contribution in [-0.2, 0) is 34.8 Å². The van der Waals surface area contributed by atoms with E-state index in [9.17, 15) is 14.7 Å². The Balaban J connectivity index is 1.42. The number of aliphatic hydroxyl groups is 1. The Morgan fingerprint density at radius 2 is 2.05 bits per heavy atom. The summed E-state index contributed by atoms with van der Waals surface area (Å²) < 4.78 is 13.3. The van der Waals surface area contributed by atoms with Gasteiger partial charge < -0.3 is 29.4 Å². The van der Waals surface area contributed by atoms with E-state index < -0.39 is 11.6 Å². The van der Waals surface area contributed by atoms with Crippen molar-refractivity contribution in [1.29, 1.82) is 0 Å². The highest BCUT2D eigenvalue weighted by molar-refractivity contribution is 5.89. The molecule has 0 aliphatic carbocycles. The zero-order chi connectivity index (χ0) is 28.3. The quantitative estimate of drug-likeness (QED) is 0.351. The van der Waals surface area contributed by atoms with Gasteiger partial charge in [-0.05, 0) is 58.6 Å². The summed E-state index contributed by atoms with van der Waals surface area (Å²) in [4.78, 5) is 35.5. The molecular formula is C30H37N5O5. The Labute approximate surface area is 233 Å². The van der Waals surface area contributed by atoms with Crippen molar-refractivity contribution in [3.8, 4) is 17.1 Å². The lowest BCUT2D eigenvalue weighted by molar-refractivity contribution is -0.172. The number of ether oxygens (including phenoxy) is 2. The molecule has 0 bridgehead atoms. The van der Waals surface area contributed by atoms with Crippen molar-refractivity contribution < 1.29 is 19.4 Å². The summed E-state index contributed by atoms with van der Waals surface area (Å²) >= 11 is 0. The molecule has 40 heavy (non-hydrogen) atoms. The fraction of sp³-hybridized carbons (Fsp3) is 0.500. The molecule has 3 aliphatic heterocycles. The van der Waals surface area contributed by atoms with Gasteiger partial charge in [0.25, 0.3) is 5.56 Å². The largest absolute Gasteiger partial charge is 0.478 e. The molecule has 10 nitrogen and oxygen atoms in total. The lowest BCUT2D eigenvalue weighted by Gasteiger charge is -2.37. The molecular weight excluding hydrogens is 510 g/mol. The van der Waals surface area contributed by atoms with Crippen LogP contribution < -0.4 is 15.6 Å². The summed E-state index contributed by atoms with van der Waals surface area (Å²) in [6.45, 7) is 9.35. The lowest BCUT2D eigenvalue weighted by Crippen LogP contribution is -2.55. The predicted molar refractivity (Wildman–Crippen MR) is 151 cm³/mol. The van der Waals surface area contributed by atoms with E-state index in [2.05, 4.69) is 35.0 Å². The van der Waals surface area contributed by atoms with Gasteiger partial charge in [0.05, 0.1) is 29.0 Å². The minimum absolute atomic E-state index is 0.113. The van der Waals surface area contributed by atoms with E-state index in [1.54, 1.807) is 17.6 Å². The van der Waals surface area contributed by atoms with E-state index in [-0.39, 0.29) is 18.6 Å². The van der Waals surface area contributed by atoms with Crippen LogP contribution in [0.3, 0.4) is 0 Å². The van der Waals surface area contributed by atoms with Crippen LogP contribution in [0, 0.1) is 0 Å². The molecule has 3 aliphatic rings. The highest BCUT2D eigenvalue weighted by atomic mass is 16.6. The number of hydrogen-bond acceptors (Lipinski definition) is 9. The van der Waals surface area contributed by atoms with Crippen molar-refractivity contribution in [2.75, 3.05) is 33.9 Å². The Morgan fingerprint density at radius 1 is 1.25 bits per heavy atom. The first-order valence-electron chi connectivity index (χ1n) is 14.0. The average Bonchev–Trinajstić information content (AvgIpc) is 3.29. The number of cyclic esters (lactones) is 1. The minimum Gasteiger partial charge on any atom is -0.478 e. The molecule has 2 aromatic heterocycles. The molecule has 1 saturated heterocycles. The first-order valence-corrected chi connectivity index (χ1v) is 14.0. The zero-order valence-electron chi connectivity index (χ0n) is 23.8. The van der Waals surface area contributed by atoms with Crippen molar-refractivity contribution in [2.45, 2.75) is 64.6 Å². The van der Waals surface area contributed by atoms with E-state index in [0.29, 0.717) is 54.4 Å². The minimum atomic E-state index is -1.84. The second-order valence-electron chi connectivity index (χ2n) is 11.6. The van der Waals surface area contributed by atoms with E-state index in [1.807, 2.05) is 26.2 Å². The van der Waals surface area contributed by atoms with Gasteiger partial charge in [-0.2, -0.15) is 0 Å². The van der Waals surface area contributed by atoms with Crippen LogP contribution in [-0.4, -0.2) is 76.4 Å². The third-order valence-corrected chi connectivity index (χ3v) is 8.51. The predicted octanol–water partition coefficient (Wildman–Crippen LogP) is 2.16. The standard InChI is InChI=1S/C30H37N5O5/c1-6-30(38)23-10-25-27-19(13-35(25)28(36)22(23)15-39-29(30)37)9-20-21(14-33(4)5)26(8-7-24(20)32-27)40-16-34-12-17(2)31-11-18(34)3/h7-10,17-18,31,38H,6,11-16H2,1-5H3/t17-,18+,30-/m0/s1. The Kier molecular flexibility index (Phi) is 6.69. The van der Waals surface area contributed by atoms with Gasteiger partial charge in [-0.15, -0.1) is 0 Å². The number of piperazine rings is 1. The van der Waals surface area contributed by atoms with E-state index in [4.69, 9.17) is 14.5 Å². The molecule has 0 amide bonds. The highest BCUT2D eigenvalue weighted by Gasteiger charge is 2.45. The molecule has 3 atom stereocenters. The summed E-state index contributed by atoms with van der Waals surface area (Å²) in [5, 5.41) is 15.6. The summed E-state index contributed by atoms with van der Waals surface area (Å²) in [6, 6.07) is 8.60. The van der Waals surface area contributed by atoms with Crippen molar-refractivity contribution in [1.82, 2.24) is 24.7 Å². The monoisotopic (exact) mass is 547 g/mol. The molecule has 0 unspecified atom stereocenters. The van der Waals surface area contributed by atoms with Gasteiger partial charge in [0.15, 0.2) is 5.60 Å². The summed E-state index contributed by atoms with van der Waals surface area (Å²) in [5.74, 6) is 0.107. The second kappa shape index (κ2) is 9.95. The molecule has 1 aromatic carbocycles. The summed E-state index contributed by atoms with van der Waals surface area (Å²) in [5.41, 5.74) is 2.62. The van der Waals surface area contributed by atoms with Gasteiger partial charge in [-0.25, -0.2) is 9.78 Å². The number of nitrogens with one attached hydrogen (secondary N) is 1. The number of carbonyl (C=O) groups is 1. The maximum atomic E-state index is 13.5. The number of carbonyl (C=O) groups excluding carboxylic acids is 1. The van der Waals surface area contributed by atoms with Gasteiger partial charge in [0.2, 0.25) is 0 Å². The fourth-order valence-corrected chi connectivity index (χ4v) is 6.14. The number of rotatable bonds is 6. The van der Waals surface area contributed by atoms with Gasteiger partial charge in [0, 0.05) is 53.8 Å². The first-order chi connectivity index (χ1) is 19.1. The van der Waals surface area contributed by atoms with Crippen LogP contribution in [0.2, 0.25) is 0 Å². The van der Waals surface area contributed by atoms with Gasteiger partial charge in [-0.3, -0.25) is 9.69 Å². The average molecular weight is 548 g/mol. The van der Waals surface area contributed by atoms with Crippen LogP contribution >= 0.6 is 0 Å². The topological polar surface area (TPSA) is 109 Å². The zero-order valence-corrected chi connectivity index (χ0v) is 23.8. The van der Waals surface area contributed by atoms with Gasteiger partial charge >= 0.3 is 5.97 Å². The number of nitrogens with zero attached hydrogens (tertiary/aromatic N) is 4. The van der Waals surface area contributed by atoms with E-state index >= 15 is 0 Å². The Bertz CT molecular complexity index is 1570. The highest BCUT2D eigenvalue weighted by Crippen LogP contribution is 2.40. The molecule has 5 heterocycles. The van der Waals surface area contributed by atoms with Crippen molar-refractivity contribution >= 4 is 16.9 Å². The third-order valence-electron chi connectivity index (χ3n) is 8.51. The van der Waals surface area contributed by atoms with Crippen LogP contribution in [0.15, 0.2) is 29.1 Å². The maximum absolute atomic E-state index is 13.5. The van der Waals surface area contributed by atoms with Crippen LogP contribution in [0.4, 0.5) is 0 Å². The SMILES string of the molecule is CC[C@@]1(O)C(=O)OCc2c1cc1n(c2=O)Cc2cc3c(CN(C)C)c(OCN4C[C@H](C)NC[C@H]4C)ccc3nc2-1. The van der Waals surface area contributed by atoms with Crippen LogP contribution in [0.1, 0.15) is 49.4 Å². The van der Waals surface area contributed by atoms with Crippen LogP contribution in [0.25, 0.3) is 22.3 Å². The van der Waals surface area contributed by atoms with Gasteiger partial charge in [-0.1, -0.05) is 6.92 Å². The smallest absolute Gasteiger partial charge is 0.343 e. The maximum Gasteiger partial charge on any atom is 0.343 e. The van der Waals surface area contributed by atoms with E-state index in [1.165, 1.54) is 0 Å². The summed E-state index contributed by atoms with van der Waals surface area (Å²) in [7, 11) is 4.06. The molecule has 2 N–H and O–H groups in total. The Morgan fingerprint density at radius 3 is 2.80 bits per heavy atom. The number of hydrogen-bond donors (Lipinski definition) is 2. The molecule has 10 heteroatoms. The number of esters is 1. The fourth-order valence-electron chi connectivity index (χ4n) is 6.14. The summed E-state index contributed by atoms with van der Waals surface area (Å²) in [6.07, 6.45) is 0.113. The third kappa shape index (κ3) is 4.30. The number of aromatic nitrogens is 2.